The van der Waals surface area contributed by atoms with Gasteiger partial charge in [-0.1, -0.05) is 30.0 Å². The minimum absolute atomic E-state index is 0.0241. The Morgan fingerprint density at radius 3 is 2.54 bits per heavy atom. The molecular weight excluding hydrogens is 536 g/mol. The number of carbonyl (C=O) groups is 1. The van der Waals surface area contributed by atoms with Crippen LogP contribution in [-0.2, 0) is 17.6 Å². The highest BCUT2D eigenvalue weighted by Gasteiger charge is 2.23. The number of fused-ring (bicyclic) bond motifs is 3. The maximum atomic E-state index is 13.8. The third-order valence-electron chi connectivity index (χ3n) is 6.43. The number of nitrogens with zero attached hydrogens (tertiary/aromatic N) is 3. The second-order valence-corrected chi connectivity index (χ2v) is 10.8. The van der Waals surface area contributed by atoms with E-state index in [1.165, 1.54) is 37.1 Å². The van der Waals surface area contributed by atoms with Crippen LogP contribution in [-0.4, -0.2) is 48.8 Å². The molecule has 2 aromatic carbocycles. The van der Waals surface area contributed by atoms with Gasteiger partial charge >= 0.3 is 0 Å². The van der Waals surface area contributed by atoms with Crippen LogP contribution in [0.25, 0.3) is 15.9 Å². The van der Waals surface area contributed by atoms with Crippen LogP contribution in [0, 0.1) is 0 Å². The maximum absolute atomic E-state index is 13.8. The molecule has 2 heterocycles. The SMILES string of the molecule is COc1cc(OC)c(OC)cc1/C=N/NC(=O)CSc1nc2sc3c(c2c(=O)n1-c1ccccc1)CCCC3. The van der Waals surface area contributed by atoms with Crippen LogP contribution in [0.3, 0.4) is 0 Å². The fraction of sp³-hybridized carbons (Fsp3) is 0.286. The number of amides is 1. The van der Waals surface area contributed by atoms with Crippen molar-refractivity contribution in [1.29, 1.82) is 0 Å². The van der Waals surface area contributed by atoms with E-state index < -0.39 is 0 Å². The van der Waals surface area contributed by atoms with E-state index >= 15 is 0 Å². The number of hydrogen-bond acceptors (Lipinski definition) is 9. The van der Waals surface area contributed by atoms with Crippen LogP contribution >= 0.6 is 23.1 Å². The van der Waals surface area contributed by atoms with Gasteiger partial charge in [-0.25, -0.2) is 10.4 Å². The standard InChI is InChI=1S/C28H28N4O5S2/c1-35-20-14-22(37-3)21(36-2)13-17(20)15-29-31-24(33)16-38-28-30-26-25(19-11-7-8-12-23(19)39-26)27(34)32(28)18-9-5-4-6-10-18/h4-6,9-10,13-15H,7-8,11-12,16H2,1-3H3,(H,31,33)/b29-15+. The zero-order valence-corrected chi connectivity index (χ0v) is 23.5. The molecule has 1 N–H and O–H groups in total. The van der Waals surface area contributed by atoms with Crippen molar-refractivity contribution in [3.63, 3.8) is 0 Å². The maximum Gasteiger partial charge on any atom is 0.267 e. The van der Waals surface area contributed by atoms with Crippen molar-refractivity contribution in [2.45, 2.75) is 30.8 Å². The van der Waals surface area contributed by atoms with Gasteiger partial charge < -0.3 is 14.2 Å². The van der Waals surface area contributed by atoms with E-state index in [9.17, 15) is 9.59 Å². The van der Waals surface area contributed by atoms with Crippen molar-refractivity contribution in [3.05, 3.63) is 68.8 Å². The largest absolute Gasteiger partial charge is 0.496 e. The number of rotatable bonds is 9. The Morgan fingerprint density at radius 1 is 1.08 bits per heavy atom. The van der Waals surface area contributed by atoms with Crippen LogP contribution in [0.2, 0.25) is 0 Å². The van der Waals surface area contributed by atoms with Crippen molar-refractivity contribution in [1.82, 2.24) is 15.0 Å². The van der Waals surface area contributed by atoms with Crippen molar-refractivity contribution in [3.8, 4) is 22.9 Å². The predicted octanol–water partition coefficient (Wildman–Crippen LogP) is 4.59. The molecule has 9 nitrogen and oxygen atoms in total. The molecule has 0 atom stereocenters. The second kappa shape index (κ2) is 11.9. The van der Waals surface area contributed by atoms with Gasteiger partial charge in [0.2, 0.25) is 0 Å². The Labute approximate surface area is 233 Å². The lowest BCUT2D eigenvalue weighted by atomic mass is 9.97. The summed E-state index contributed by atoms with van der Waals surface area (Å²) < 4.78 is 17.6. The first-order valence-electron chi connectivity index (χ1n) is 12.4. The van der Waals surface area contributed by atoms with Crippen molar-refractivity contribution in [2.24, 2.45) is 5.10 Å². The van der Waals surface area contributed by atoms with Gasteiger partial charge in [-0.05, 0) is 49.4 Å². The molecule has 1 aliphatic carbocycles. The van der Waals surface area contributed by atoms with Gasteiger partial charge in [-0.2, -0.15) is 5.10 Å². The number of nitrogens with one attached hydrogen (secondary N) is 1. The number of methoxy groups -OCH3 is 3. The molecule has 0 saturated heterocycles. The van der Waals surface area contributed by atoms with Crippen LogP contribution in [0.15, 0.2) is 57.5 Å². The van der Waals surface area contributed by atoms with Crippen molar-refractivity contribution < 1.29 is 19.0 Å². The lowest BCUT2D eigenvalue weighted by Crippen LogP contribution is -2.24. The first kappa shape index (κ1) is 26.8. The lowest BCUT2D eigenvalue weighted by Gasteiger charge is -2.13. The average Bonchev–Trinajstić information content (AvgIpc) is 3.35. The molecule has 1 aliphatic rings. The second-order valence-electron chi connectivity index (χ2n) is 8.79. The van der Waals surface area contributed by atoms with Crippen LogP contribution in [0.4, 0.5) is 0 Å². The minimum atomic E-state index is -0.338. The molecule has 0 saturated carbocycles. The van der Waals surface area contributed by atoms with Gasteiger partial charge in [0.25, 0.3) is 11.5 Å². The highest BCUT2D eigenvalue weighted by molar-refractivity contribution is 7.99. The van der Waals surface area contributed by atoms with Gasteiger partial charge in [0.15, 0.2) is 16.7 Å². The predicted molar refractivity (Wildman–Crippen MR) is 154 cm³/mol. The molecule has 0 fully saturated rings. The van der Waals surface area contributed by atoms with E-state index in [2.05, 4.69) is 10.5 Å². The van der Waals surface area contributed by atoms with Crippen LogP contribution < -0.4 is 25.2 Å². The van der Waals surface area contributed by atoms with Crippen LogP contribution in [0.5, 0.6) is 17.2 Å². The fourth-order valence-corrected chi connectivity index (χ4v) is 6.69. The molecule has 5 rings (SSSR count). The number of para-hydroxylation sites is 1. The van der Waals surface area contributed by atoms with Gasteiger partial charge in [-0.15, -0.1) is 11.3 Å². The van der Waals surface area contributed by atoms with E-state index in [-0.39, 0.29) is 17.2 Å². The third kappa shape index (κ3) is 5.50. The molecule has 2 aromatic heterocycles. The normalized spacial score (nSPS) is 12.9. The van der Waals surface area contributed by atoms with Gasteiger partial charge in [-0.3, -0.25) is 14.2 Å². The smallest absolute Gasteiger partial charge is 0.267 e. The number of benzene rings is 2. The molecule has 4 aromatic rings. The molecule has 0 unspecified atom stereocenters. The number of thiophene rings is 1. The highest BCUT2D eigenvalue weighted by atomic mass is 32.2. The molecule has 39 heavy (non-hydrogen) atoms. The molecule has 0 spiro atoms. The Kier molecular flexibility index (Phi) is 8.18. The molecule has 0 aliphatic heterocycles. The van der Waals surface area contributed by atoms with Crippen molar-refractivity contribution >= 4 is 45.4 Å². The zero-order chi connectivity index (χ0) is 27.4. The summed E-state index contributed by atoms with van der Waals surface area (Å²) in [5.41, 5.74) is 4.91. The lowest BCUT2D eigenvalue weighted by molar-refractivity contribution is -0.118. The summed E-state index contributed by atoms with van der Waals surface area (Å²) >= 11 is 2.80. The number of aromatic nitrogens is 2. The zero-order valence-electron chi connectivity index (χ0n) is 21.9. The van der Waals surface area contributed by atoms with Crippen molar-refractivity contribution in [2.75, 3.05) is 27.1 Å². The minimum Gasteiger partial charge on any atom is -0.496 e. The molecular formula is C28H28N4O5S2. The van der Waals surface area contributed by atoms with Gasteiger partial charge in [0.05, 0.1) is 44.4 Å². The number of aryl methyl sites for hydroxylation is 2. The van der Waals surface area contributed by atoms with E-state index in [0.29, 0.717) is 39.0 Å². The van der Waals surface area contributed by atoms with Gasteiger partial charge in [0.1, 0.15) is 10.6 Å². The molecule has 1 amide bonds. The first-order chi connectivity index (χ1) is 19.0. The van der Waals surface area contributed by atoms with E-state index in [0.717, 1.165) is 36.1 Å². The number of carbonyl (C=O) groups excluding carboxylic acids is 1. The topological polar surface area (TPSA) is 104 Å². The quantitative estimate of drug-likeness (QED) is 0.137. The molecule has 0 radical (unpaired) electrons. The van der Waals surface area contributed by atoms with Gasteiger partial charge in [0, 0.05) is 16.5 Å². The summed E-state index contributed by atoms with van der Waals surface area (Å²) in [6, 6.07) is 12.8. The number of thioether (sulfide) groups is 1. The number of ether oxygens (including phenoxy) is 3. The Bertz CT molecular complexity index is 1600. The average molecular weight is 565 g/mol. The number of hydrazone groups is 1. The number of hydrogen-bond donors (Lipinski definition) is 1. The summed E-state index contributed by atoms with van der Waals surface area (Å²) in [5, 5.41) is 5.26. The Morgan fingerprint density at radius 2 is 1.79 bits per heavy atom. The third-order valence-corrected chi connectivity index (χ3v) is 8.56. The van der Waals surface area contributed by atoms with Crippen LogP contribution in [0.1, 0.15) is 28.8 Å². The summed E-state index contributed by atoms with van der Waals surface area (Å²) in [6.07, 6.45) is 5.57. The first-order valence-corrected chi connectivity index (χ1v) is 14.2. The molecule has 11 heteroatoms. The van der Waals surface area contributed by atoms with E-state index in [1.54, 1.807) is 35.1 Å². The summed E-state index contributed by atoms with van der Waals surface area (Å²) in [6.45, 7) is 0. The Hall–Kier alpha value is -3.83. The summed E-state index contributed by atoms with van der Waals surface area (Å²) in [4.78, 5) is 33.3. The molecule has 0 bridgehead atoms. The van der Waals surface area contributed by atoms with E-state index in [1.807, 2.05) is 30.3 Å². The molecule has 202 valence electrons. The summed E-state index contributed by atoms with van der Waals surface area (Å²) in [7, 11) is 4.61. The summed E-state index contributed by atoms with van der Waals surface area (Å²) in [5.74, 6) is 1.24. The monoisotopic (exact) mass is 564 g/mol. The highest BCUT2D eigenvalue weighted by Crippen LogP contribution is 2.36. The Balaban J connectivity index is 1.38. The fourth-order valence-electron chi connectivity index (χ4n) is 4.58. The van der Waals surface area contributed by atoms with E-state index in [4.69, 9.17) is 19.2 Å².